The third-order valence-corrected chi connectivity index (χ3v) is 3.54. The van der Waals surface area contributed by atoms with E-state index in [1.165, 1.54) is 18.4 Å². The lowest BCUT2D eigenvalue weighted by Gasteiger charge is -2.25. The highest BCUT2D eigenvalue weighted by atomic mass is 19.1. The van der Waals surface area contributed by atoms with Gasteiger partial charge in [0.25, 0.3) is 0 Å². The summed E-state index contributed by atoms with van der Waals surface area (Å²) in [6, 6.07) is 7.29. The Labute approximate surface area is 97.1 Å². The minimum Gasteiger partial charge on any atom is -0.310 e. The van der Waals surface area contributed by atoms with Gasteiger partial charge in [0.05, 0.1) is 0 Å². The smallest absolute Gasteiger partial charge is 0.123 e. The van der Waals surface area contributed by atoms with Crippen LogP contribution in [0.5, 0.6) is 0 Å². The molecule has 2 unspecified atom stereocenters. The number of benzene rings is 1. The minimum atomic E-state index is -0.155. The quantitative estimate of drug-likeness (QED) is 0.802. The maximum atomic E-state index is 12.9. The molecule has 1 saturated carbocycles. The van der Waals surface area contributed by atoms with Gasteiger partial charge >= 0.3 is 0 Å². The summed E-state index contributed by atoms with van der Waals surface area (Å²) in [5.74, 6) is 1.34. The second-order valence-electron chi connectivity index (χ2n) is 4.78. The van der Waals surface area contributed by atoms with Crippen LogP contribution in [0.25, 0.3) is 0 Å². The van der Waals surface area contributed by atoms with Crippen molar-refractivity contribution in [1.29, 1.82) is 0 Å². The van der Waals surface area contributed by atoms with E-state index in [0.29, 0.717) is 12.0 Å². The van der Waals surface area contributed by atoms with Crippen molar-refractivity contribution in [3.8, 4) is 0 Å². The second-order valence-corrected chi connectivity index (χ2v) is 4.78. The lowest BCUT2D eigenvalue weighted by Crippen LogP contribution is -2.27. The molecule has 2 atom stereocenters. The lowest BCUT2D eigenvalue weighted by atomic mass is 9.90. The van der Waals surface area contributed by atoms with Crippen molar-refractivity contribution in [3.63, 3.8) is 0 Å². The van der Waals surface area contributed by atoms with Gasteiger partial charge < -0.3 is 5.32 Å². The molecule has 1 aliphatic rings. The first kappa shape index (κ1) is 11.6. The summed E-state index contributed by atoms with van der Waals surface area (Å²) in [4.78, 5) is 0. The van der Waals surface area contributed by atoms with Gasteiger partial charge in [0.15, 0.2) is 0 Å². The zero-order valence-electron chi connectivity index (χ0n) is 10.0. The number of halogens is 1. The van der Waals surface area contributed by atoms with Crippen LogP contribution < -0.4 is 5.32 Å². The highest BCUT2D eigenvalue weighted by molar-refractivity contribution is 5.21. The Morgan fingerprint density at radius 3 is 2.44 bits per heavy atom. The molecule has 1 fully saturated rings. The van der Waals surface area contributed by atoms with Crippen molar-refractivity contribution in [1.82, 2.24) is 5.32 Å². The third kappa shape index (κ3) is 2.62. The fourth-order valence-corrected chi connectivity index (χ4v) is 2.39. The summed E-state index contributed by atoms with van der Waals surface area (Å²) in [5, 5.41) is 3.52. The number of hydrogen-bond donors (Lipinski definition) is 1. The lowest BCUT2D eigenvalue weighted by molar-refractivity contribution is 0.355. The van der Waals surface area contributed by atoms with E-state index in [1.54, 1.807) is 12.1 Å². The van der Waals surface area contributed by atoms with Gasteiger partial charge in [-0.05, 0) is 48.9 Å². The summed E-state index contributed by atoms with van der Waals surface area (Å²) in [6.45, 7) is 5.38. The van der Waals surface area contributed by atoms with Crippen molar-refractivity contribution in [3.05, 3.63) is 35.6 Å². The summed E-state index contributed by atoms with van der Waals surface area (Å²) < 4.78 is 12.9. The Hall–Kier alpha value is -0.890. The van der Waals surface area contributed by atoms with Crippen LogP contribution in [0, 0.1) is 17.7 Å². The van der Waals surface area contributed by atoms with Crippen molar-refractivity contribution in [2.75, 3.05) is 6.54 Å². The maximum absolute atomic E-state index is 12.9. The van der Waals surface area contributed by atoms with Crippen LogP contribution in [0.15, 0.2) is 24.3 Å². The minimum absolute atomic E-state index is 0.155. The highest BCUT2D eigenvalue weighted by Crippen LogP contribution is 2.42. The normalized spacial score (nSPS) is 19.4. The van der Waals surface area contributed by atoms with Crippen molar-refractivity contribution < 1.29 is 4.39 Å². The molecule has 2 heteroatoms. The molecule has 0 aliphatic heterocycles. The van der Waals surface area contributed by atoms with E-state index < -0.39 is 0 Å². The molecule has 1 aromatic carbocycles. The first-order valence-corrected chi connectivity index (χ1v) is 6.21. The monoisotopic (exact) mass is 221 g/mol. The first-order valence-electron chi connectivity index (χ1n) is 6.21. The number of rotatable bonds is 5. The Morgan fingerprint density at radius 1 is 1.31 bits per heavy atom. The predicted molar refractivity (Wildman–Crippen MR) is 64.7 cm³/mol. The molecule has 16 heavy (non-hydrogen) atoms. The van der Waals surface area contributed by atoms with Gasteiger partial charge in [0.2, 0.25) is 0 Å². The van der Waals surface area contributed by atoms with Crippen molar-refractivity contribution >= 4 is 0 Å². The van der Waals surface area contributed by atoms with Crippen LogP contribution in [-0.2, 0) is 0 Å². The second kappa shape index (κ2) is 4.96. The summed E-state index contributed by atoms with van der Waals surface area (Å²) >= 11 is 0. The van der Waals surface area contributed by atoms with Gasteiger partial charge in [0, 0.05) is 6.04 Å². The van der Waals surface area contributed by atoms with Crippen LogP contribution in [0.3, 0.4) is 0 Å². The van der Waals surface area contributed by atoms with E-state index >= 15 is 0 Å². The first-order chi connectivity index (χ1) is 7.72. The van der Waals surface area contributed by atoms with Gasteiger partial charge in [0.1, 0.15) is 5.82 Å². The molecular formula is C14H20FN. The molecule has 0 amide bonds. The molecule has 0 saturated heterocycles. The summed E-state index contributed by atoms with van der Waals surface area (Å²) in [5.41, 5.74) is 1.21. The largest absolute Gasteiger partial charge is 0.310 e. The van der Waals surface area contributed by atoms with E-state index in [4.69, 9.17) is 0 Å². The molecule has 0 spiro atoms. The Morgan fingerprint density at radius 2 is 1.94 bits per heavy atom. The molecular weight excluding hydrogens is 201 g/mol. The van der Waals surface area contributed by atoms with E-state index in [1.807, 2.05) is 12.1 Å². The molecule has 88 valence electrons. The summed E-state index contributed by atoms with van der Waals surface area (Å²) in [6.07, 6.45) is 2.70. The van der Waals surface area contributed by atoms with Gasteiger partial charge in [-0.2, -0.15) is 0 Å². The van der Waals surface area contributed by atoms with Crippen LogP contribution in [0.4, 0.5) is 4.39 Å². The number of hydrogen-bond acceptors (Lipinski definition) is 1. The Kier molecular flexibility index (Phi) is 3.59. The third-order valence-electron chi connectivity index (χ3n) is 3.54. The molecule has 1 aromatic rings. The SMILES string of the molecule is CCNC(c1ccc(F)cc1)C(C)C1CC1. The predicted octanol–water partition coefficient (Wildman–Crippen LogP) is 3.52. The van der Waals surface area contributed by atoms with Crippen LogP contribution in [0.1, 0.15) is 38.3 Å². The topological polar surface area (TPSA) is 12.0 Å². The average molecular weight is 221 g/mol. The van der Waals surface area contributed by atoms with Crippen molar-refractivity contribution in [2.24, 2.45) is 11.8 Å². The van der Waals surface area contributed by atoms with Gasteiger partial charge in [-0.3, -0.25) is 0 Å². The van der Waals surface area contributed by atoms with Gasteiger partial charge in [-0.25, -0.2) is 4.39 Å². The molecule has 0 bridgehead atoms. The van der Waals surface area contributed by atoms with Crippen molar-refractivity contribution in [2.45, 2.75) is 32.7 Å². The summed E-state index contributed by atoms with van der Waals surface area (Å²) in [7, 11) is 0. The van der Waals surface area contributed by atoms with Crippen LogP contribution in [0.2, 0.25) is 0 Å². The zero-order valence-corrected chi connectivity index (χ0v) is 10.0. The Bertz CT molecular complexity index is 329. The van der Waals surface area contributed by atoms with Crippen LogP contribution in [-0.4, -0.2) is 6.54 Å². The number of nitrogens with one attached hydrogen (secondary N) is 1. The van der Waals surface area contributed by atoms with Gasteiger partial charge in [-0.1, -0.05) is 26.0 Å². The Balaban J connectivity index is 2.13. The molecule has 1 aliphatic carbocycles. The molecule has 0 aromatic heterocycles. The molecule has 1 N–H and O–H groups in total. The van der Waals surface area contributed by atoms with Gasteiger partial charge in [-0.15, -0.1) is 0 Å². The maximum Gasteiger partial charge on any atom is 0.123 e. The van der Waals surface area contributed by atoms with E-state index in [9.17, 15) is 4.39 Å². The average Bonchev–Trinajstić information content (AvgIpc) is 3.10. The fourth-order valence-electron chi connectivity index (χ4n) is 2.39. The highest BCUT2D eigenvalue weighted by Gasteiger charge is 2.33. The standard InChI is InChI=1S/C14H20FN/c1-3-16-14(10(2)11-4-5-11)12-6-8-13(15)9-7-12/h6-11,14,16H,3-5H2,1-2H3. The van der Waals surface area contributed by atoms with E-state index in [-0.39, 0.29) is 5.82 Å². The molecule has 0 heterocycles. The molecule has 2 rings (SSSR count). The van der Waals surface area contributed by atoms with Crippen LogP contribution >= 0.6 is 0 Å². The molecule has 0 radical (unpaired) electrons. The van der Waals surface area contributed by atoms with E-state index in [2.05, 4.69) is 19.2 Å². The zero-order chi connectivity index (χ0) is 11.5. The van der Waals surface area contributed by atoms with E-state index in [0.717, 1.165) is 12.5 Å². The molecule has 1 nitrogen and oxygen atoms in total. The fraction of sp³-hybridized carbons (Fsp3) is 0.571.